The second kappa shape index (κ2) is 8.70. The van der Waals surface area contributed by atoms with Gasteiger partial charge >= 0.3 is 6.18 Å². The number of hydrogen-bond acceptors (Lipinski definition) is 5. The maximum absolute atomic E-state index is 12.5. The molecule has 0 fully saturated rings. The van der Waals surface area contributed by atoms with Crippen LogP contribution < -0.4 is 0 Å². The van der Waals surface area contributed by atoms with Gasteiger partial charge in [-0.2, -0.15) is 18.3 Å². The highest BCUT2D eigenvalue weighted by molar-refractivity contribution is 5.88. The van der Waals surface area contributed by atoms with Crippen molar-refractivity contribution < 1.29 is 13.2 Å². The number of nitrogens with zero attached hydrogens (tertiary/aromatic N) is 5. The summed E-state index contributed by atoms with van der Waals surface area (Å²) >= 11 is 0. The maximum Gasteiger partial charge on any atom is 0.451 e. The number of aromatic amines is 1. The number of hydrogen-bond donors (Lipinski definition) is 1. The van der Waals surface area contributed by atoms with Gasteiger partial charge in [0.15, 0.2) is 5.82 Å². The molecule has 0 aliphatic heterocycles. The minimum atomic E-state index is -4.55. The summed E-state index contributed by atoms with van der Waals surface area (Å²) < 4.78 is 37.4. The largest absolute Gasteiger partial charge is 0.451 e. The van der Waals surface area contributed by atoms with Gasteiger partial charge in [0, 0.05) is 24.2 Å². The summed E-state index contributed by atoms with van der Waals surface area (Å²) in [6, 6.07) is 21.0. The quantitative estimate of drug-likeness (QED) is 0.426. The van der Waals surface area contributed by atoms with E-state index in [2.05, 4.69) is 37.2 Å². The number of nitrogens with one attached hydrogen (secondary N) is 1. The molecular weight excluding hydrogens is 405 g/mol. The van der Waals surface area contributed by atoms with Gasteiger partial charge in [0.25, 0.3) is 0 Å². The van der Waals surface area contributed by atoms with Crippen molar-refractivity contribution in [1.29, 1.82) is 0 Å². The minimum Gasteiger partial charge on any atom is -0.256 e. The van der Waals surface area contributed by atoms with E-state index >= 15 is 0 Å². The number of fused-ring (bicyclic) bond motifs is 1. The van der Waals surface area contributed by atoms with Gasteiger partial charge in [0.05, 0.1) is 22.3 Å². The van der Waals surface area contributed by atoms with Crippen molar-refractivity contribution in [2.24, 2.45) is 0 Å². The van der Waals surface area contributed by atoms with Gasteiger partial charge in [0.1, 0.15) is 0 Å². The summed E-state index contributed by atoms with van der Waals surface area (Å²) in [5, 5.41) is 5.45. The number of benzene rings is 1. The molecule has 0 spiro atoms. The Morgan fingerprint density at radius 3 is 2.19 bits per heavy atom. The Labute approximate surface area is 174 Å². The zero-order valence-corrected chi connectivity index (χ0v) is 16.0. The lowest BCUT2D eigenvalue weighted by atomic mass is 10.1. The van der Waals surface area contributed by atoms with Crippen LogP contribution in [0.4, 0.5) is 13.2 Å². The summed E-state index contributed by atoms with van der Waals surface area (Å²) in [4.78, 5) is 15.9. The van der Waals surface area contributed by atoms with Gasteiger partial charge in [-0.15, -0.1) is 0 Å². The molecule has 0 bridgehead atoms. The van der Waals surface area contributed by atoms with Crippen molar-refractivity contribution in [3.05, 3.63) is 91.1 Å². The molecule has 0 radical (unpaired) electrons. The molecule has 0 saturated heterocycles. The highest BCUT2D eigenvalue weighted by Crippen LogP contribution is 2.29. The first-order valence-electron chi connectivity index (χ1n) is 9.18. The molecule has 4 heterocycles. The Kier molecular flexibility index (Phi) is 5.65. The topological polar surface area (TPSA) is 80.2 Å². The van der Waals surface area contributed by atoms with Crippen LogP contribution in [0, 0.1) is 0 Å². The van der Waals surface area contributed by atoms with Gasteiger partial charge in [-0.05, 0) is 30.3 Å². The molecule has 1 aromatic carbocycles. The first-order chi connectivity index (χ1) is 15.0. The van der Waals surface area contributed by atoms with Crippen LogP contribution in [0.25, 0.3) is 33.7 Å². The first kappa shape index (κ1) is 20.1. The van der Waals surface area contributed by atoms with E-state index in [4.69, 9.17) is 0 Å². The van der Waals surface area contributed by atoms with Crippen molar-refractivity contribution in [2.75, 3.05) is 0 Å². The van der Waals surface area contributed by atoms with Crippen molar-refractivity contribution >= 4 is 11.0 Å². The number of rotatable bonds is 2. The van der Waals surface area contributed by atoms with E-state index < -0.39 is 12.0 Å². The third-order valence-corrected chi connectivity index (χ3v) is 4.23. The molecule has 5 rings (SSSR count). The normalized spacial score (nSPS) is 11.1. The third-order valence-electron chi connectivity index (χ3n) is 4.23. The first-order valence-corrected chi connectivity index (χ1v) is 9.18. The molecular formula is C22H15F3N6. The highest BCUT2D eigenvalue weighted by atomic mass is 19.4. The monoisotopic (exact) mass is 420 g/mol. The predicted molar refractivity (Wildman–Crippen MR) is 110 cm³/mol. The van der Waals surface area contributed by atoms with Crippen LogP contribution >= 0.6 is 0 Å². The molecule has 0 saturated carbocycles. The lowest BCUT2D eigenvalue weighted by Crippen LogP contribution is -2.07. The Bertz CT molecular complexity index is 1230. The fourth-order valence-electron chi connectivity index (χ4n) is 2.81. The fourth-order valence-corrected chi connectivity index (χ4v) is 2.81. The van der Waals surface area contributed by atoms with Crippen molar-refractivity contribution in [1.82, 2.24) is 30.1 Å². The average molecular weight is 420 g/mol. The van der Waals surface area contributed by atoms with E-state index in [1.54, 1.807) is 12.1 Å². The number of halogens is 3. The van der Waals surface area contributed by atoms with Crippen molar-refractivity contribution in [3.63, 3.8) is 0 Å². The molecule has 0 unspecified atom stereocenters. The fraction of sp³-hybridized carbons (Fsp3) is 0.0455. The van der Waals surface area contributed by atoms with Crippen LogP contribution in [-0.4, -0.2) is 30.1 Å². The molecule has 5 aromatic rings. The highest BCUT2D eigenvalue weighted by Gasteiger charge is 2.35. The number of H-pyrrole nitrogens is 1. The number of alkyl halides is 3. The van der Waals surface area contributed by atoms with E-state index in [0.29, 0.717) is 16.6 Å². The van der Waals surface area contributed by atoms with E-state index in [0.717, 1.165) is 11.3 Å². The zero-order valence-electron chi connectivity index (χ0n) is 16.0. The van der Waals surface area contributed by atoms with Crippen LogP contribution in [0.15, 0.2) is 85.3 Å². The van der Waals surface area contributed by atoms with Crippen LogP contribution in [0.2, 0.25) is 0 Å². The smallest absolute Gasteiger partial charge is 0.256 e. The van der Waals surface area contributed by atoms with Crippen LogP contribution in [0.3, 0.4) is 0 Å². The predicted octanol–water partition coefficient (Wildman–Crippen LogP) is 5.18. The van der Waals surface area contributed by atoms with Gasteiger partial charge in [-0.25, -0.2) is 4.98 Å². The summed E-state index contributed by atoms with van der Waals surface area (Å²) in [7, 11) is 0. The Balaban J connectivity index is 0.000000166. The van der Waals surface area contributed by atoms with Gasteiger partial charge in [-0.1, -0.05) is 36.4 Å². The third kappa shape index (κ3) is 4.72. The molecule has 1 N–H and O–H groups in total. The average Bonchev–Trinajstić information content (AvgIpc) is 3.31. The Hall–Kier alpha value is -4.14. The molecule has 154 valence electrons. The van der Waals surface area contributed by atoms with Gasteiger partial charge in [0.2, 0.25) is 5.82 Å². The maximum atomic E-state index is 12.5. The minimum absolute atomic E-state index is 0.0570. The van der Waals surface area contributed by atoms with Gasteiger partial charge < -0.3 is 0 Å². The lowest BCUT2D eigenvalue weighted by molar-refractivity contribution is -0.144. The summed E-state index contributed by atoms with van der Waals surface area (Å²) in [6.45, 7) is 0. The SMILES string of the molecule is FC(F)(F)c1nc(-c2ccnc3cccnc23)n[nH]1.c1ccc(-c2ccccn2)cc1. The van der Waals surface area contributed by atoms with E-state index in [9.17, 15) is 13.2 Å². The summed E-state index contributed by atoms with van der Waals surface area (Å²) in [5.41, 5.74) is 3.62. The lowest BCUT2D eigenvalue weighted by Gasteiger charge is -2.01. The number of pyridine rings is 3. The molecule has 0 amide bonds. The van der Waals surface area contributed by atoms with Crippen molar-refractivity contribution in [3.8, 4) is 22.6 Å². The Morgan fingerprint density at radius 2 is 1.48 bits per heavy atom. The molecule has 0 aliphatic rings. The zero-order chi connectivity index (χ0) is 21.7. The summed E-state index contributed by atoms with van der Waals surface area (Å²) in [5.74, 6) is -1.19. The van der Waals surface area contributed by atoms with E-state index in [1.807, 2.05) is 47.7 Å². The molecule has 4 aromatic heterocycles. The van der Waals surface area contributed by atoms with Gasteiger partial charge in [-0.3, -0.25) is 20.1 Å². The van der Waals surface area contributed by atoms with E-state index in [1.165, 1.54) is 18.5 Å². The Morgan fingerprint density at radius 1 is 0.710 bits per heavy atom. The summed E-state index contributed by atoms with van der Waals surface area (Å²) in [6.07, 6.45) is 0.262. The van der Waals surface area contributed by atoms with Crippen LogP contribution in [-0.2, 0) is 6.18 Å². The second-order valence-corrected chi connectivity index (χ2v) is 6.32. The molecule has 6 nitrogen and oxygen atoms in total. The number of aromatic nitrogens is 6. The van der Waals surface area contributed by atoms with E-state index in [-0.39, 0.29) is 5.82 Å². The van der Waals surface area contributed by atoms with Crippen LogP contribution in [0.5, 0.6) is 0 Å². The van der Waals surface area contributed by atoms with Crippen LogP contribution in [0.1, 0.15) is 5.82 Å². The molecule has 0 aliphatic carbocycles. The molecule has 9 heteroatoms. The standard InChI is InChI=1S/C11H6F3N5.C11H9N/c12-11(13,14)10-17-9(18-19-10)6-3-5-15-7-2-1-4-16-8(6)7;1-2-6-10(7-3-1)11-8-4-5-9-12-11/h1-5H,(H,17,18,19);1-9H. The van der Waals surface area contributed by atoms with Crippen molar-refractivity contribution in [2.45, 2.75) is 6.18 Å². The second-order valence-electron chi connectivity index (χ2n) is 6.32. The molecule has 31 heavy (non-hydrogen) atoms. The molecule has 0 atom stereocenters.